The molecular formula is C19H24N2O. The van der Waals surface area contributed by atoms with E-state index in [-0.39, 0.29) is 5.91 Å². The third-order valence-electron chi connectivity index (χ3n) is 3.51. The van der Waals surface area contributed by atoms with Crippen molar-refractivity contribution in [3.8, 4) is 0 Å². The van der Waals surface area contributed by atoms with Crippen molar-refractivity contribution in [1.29, 1.82) is 0 Å². The van der Waals surface area contributed by atoms with Crippen LogP contribution in [0.25, 0.3) is 0 Å². The first-order valence-corrected chi connectivity index (χ1v) is 7.85. The van der Waals surface area contributed by atoms with Crippen molar-refractivity contribution in [3.63, 3.8) is 0 Å². The average Bonchev–Trinajstić information content (AvgIpc) is 2.50. The Bertz CT molecular complexity index is 600. The van der Waals surface area contributed by atoms with Crippen molar-refractivity contribution in [2.24, 2.45) is 0 Å². The summed E-state index contributed by atoms with van der Waals surface area (Å²) in [6, 6.07) is 16.2. The normalized spacial score (nSPS) is 10.5. The zero-order valence-electron chi connectivity index (χ0n) is 13.5. The first kappa shape index (κ1) is 16.1. The molecule has 2 N–H and O–H groups in total. The van der Waals surface area contributed by atoms with Gasteiger partial charge < -0.3 is 10.6 Å². The molecule has 0 unspecified atom stereocenters. The minimum atomic E-state index is 0.0625. The minimum Gasteiger partial charge on any atom is -0.356 e. The number of anilines is 3. The number of rotatable bonds is 6. The molecule has 0 aliphatic heterocycles. The average molecular weight is 296 g/mol. The second kappa shape index (κ2) is 7.64. The Labute approximate surface area is 132 Å². The molecule has 0 saturated carbocycles. The van der Waals surface area contributed by atoms with E-state index in [2.05, 4.69) is 48.7 Å². The number of hydrogen-bond acceptors (Lipinski definition) is 2. The fraction of sp³-hybridized carbons (Fsp3) is 0.316. The molecule has 0 saturated heterocycles. The van der Waals surface area contributed by atoms with Crippen molar-refractivity contribution >= 4 is 23.0 Å². The van der Waals surface area contributed by atoms with Gasteiger partial charge in [-0.3, -0.25) is 4.79 Å². The number of nitrogens with one attached hydrogen (secondary N) is 2. The van der Waals surface area contributed by atoms with E-state index in [1.165, 1.54) is 5.56 Å². The van der Waals surface area contributed by atoms with E-state index in [1.54, 1.807) is 0 Å². The molecule has 2 aromatic rings. The lowest BCUT2D eigenvalue weighted by Crippen LogP contribution is -2.10. The number of carbonyl (C=O) groups is 1. The highest BCUT2D eigenvalue weighted by molar-refractivity contribution is 5.90. The Morgan fingerprint density at radius 3 is 1.91 bits per heavy atom. The van der Waals surface area contributed by atoms with Gasteiger partial charge in [0.05, 0.1) is 0 Å². The topological polar surface area (TPSA) is 41.1 Å². The van der Waals surface area contributed by atoms with Crippen molar-refractivity contribution in [2.75, 3.05) is 10.6 Å². The number of carbonyl (C=O) groups excluding carboxylic acids is 1. The van der Waals surface area contributed by atoms with Crippen LogP contribution < -0.4 is 10.6 Å². The Balaban J connectivity index is 1.97. The number of hydrogen-bond donors (Lipinski definition) is 2. The summed E-state index contributed by atoms with van der Waals surface area (Å²) < 4.78 is 0. The Kier molecular flexibility index (Phi) is 5.59. The zero-order valence-corrected chi connectivity index (χ0v) is 13.5. The minimum absolute atomic E-state index is 0.0625. The molecule has 2 rings (SSSR count). The van der Waals surface area contributed by atoms with E-state index in [9.17, 15) is 4.79 Å². The van der Waals surface area contributed by atoms with E-state index in [1.807, 2.05) is 31.2 Å². The summed E-state index contributed by atoms with van der Waals surface area (Å²) in [5, 5.41) is 6.25. The molecule has 0 radical (unpaired) electrons. The Hall–Kier alpha value is -2.29. The van der Waals surface area contributed by atoms with E-state index < -0.39 is 0 Å². The summed E-state index contributed by atoms with van der Waals surface area (Å²) in [5.74, 6) is 0.604. The highest BCUT2D eigenvalue weighted by Crippen LogP contribution is 2.21. The molecule has 0 spiro atoms. The van der Waals surface area contributed by atoms with Crippen LogP contribution in [0.15, 0.2) is 48.5 Å². The summed E-state index contributed by atoms with van der Waals surface area (Å²) >= 11 is 0. The van der Waals surface area contributed by atoms with Crippen LogP contribution >= 0.6 is 0 Å². The lowest BCUT2D eigenvalue weighted by Gasteiger charge is -2.10. The fourth-order valence-electron chi connectivity index (χ4n) is 2.21. The first-order chi connectivity index (χ1) is 10.6. The molecule has 1 amide bonds. The zero-order chi connectivity index (χ0) is 15.9. The lowest BCUT2D eigenvalue weighted by atomic mass is 10.0. The Morgan fingerprint density at radius 2 is 1.41 bits per heavy atom. The van der Waals surface area contributed by atoms with Gasteiger partial charge in [-0.25, -0.2) is 0 Å². The molecule has 22 heavy (non-hydrogen) atoms. The summed E-state index contributed by atoms with van der Waals surface area (Å²) in [5.41, 5.74) is 4.23. The maximum absolute atomic E-state index is 11.5. The SMILES string of the molecule is CCCC(=O)Nc1ccc(Nc2ccc(C(C)C)cc2)cc1. The highest BCUT2D eigenvalue weighted by Gasteiger charge is 2.02. The monoisotopic (exact) mass is 296 g/mol. The molecule has 0 fully saturated rings. The maximum Gasteiger partial charge on any atom is 0.224 e. The quantitative estimate of drug-likeness (QED) is 0.760. The summed E-state index contributed by atoms with van der Waals surface area (Å²) in [4.78, 5) is 11.5. The van der Waals surface area contributed by atoms with Gasteiger partial charge in [0, 0.05) is 23.5 Å². The van der Waals surface area contributed by atoms with E-state index in [0.717, 1.165) is 23.5 Å². The molecule has 0 heterocycles. The van der Waals surface area contributed by atoms with Crippen LogP contribution in [-0.2, 0) is 4.79 Å². The van der Waals surface area contributed by atoms with E-state index >= 15 is 0 Å². The van der Waals surface area contributed by atoms with Gasteiger partial charge in [0.25, 0.3) is 0 Å². The fourth-order valence-corrected chi connectivity index (χ4v) is 2.21. The molecule has 3 heteroatoms. The van der Waals surface area contributed by atoms with Gasteiger partial charge in [0.1, 0.15) is 0 Å². The van der Waals surface area contributed by atoms with Crippen molar-refractivity contribution in [1.82, 2.24) is 0 Å². The largest absolute Gasteiger partial charge is 0.356 e. The van der Waals surface area contributed by atoms with Gasteiger partial charge in [-0.1, -0.05) is 32.9 Å². The van der Waals surface area contributed by atoms with Crippen LogP contribution in [-0.4, -0.2) is 5.91 Å². The predicted molar refractivity (Wildman–Crippen MR) is 93.8 cm³/mol. The maximum atomic E-state index is 11.5. The smallest absolute Gasteiger partial charge is 0.224 e. The van der Waals surface area contributed by atoms with Gasteiger partial charge in [0.15, 0.2) is 0 Å². The van der Waals surface area contributed by atoms with Crippen LogP contribution in [0.5, 0.6) is 0 Å². The van der Waals surface area contributed by atoms with Gasteiger partial charge in [-0.05, 0) is 54.3 Å². The van der Waals surface area contributed by atoms with Crippen LogP contribution in [0.2, 0.25) is 0 Å². The van der Waals surface area contributed by atoms with Crippen LogP contribution in [0.3, 0.4) is 0 Å². The standard InChI is InChI=1S/C19H24N2O/c1-4-5-19(22)21-18-12-10-17(11-13-18)20-16-8-6-15(7-9-16)14(2)3/h6-14,20H,4-5H2,1-3H3,(H,21,22). The second-order valence-electron chi connectivity index (χ2n) is 5.78. The van der Waals surface area contributed by atoms with Crippen LogP contribution in [0.1, 0.15) is 45.1 Å². The van der Waals surface area contributed by atoms with E-state index in [0.29, 0.717) is 12.3 Å². The molecule has 0 bridgehead atoms. The van der Waals surface area contributed by atoms with Gasteiger partial charge in [-0.2, -0.15) is 0 Å². The number of benzene rings is 2. The predicted octanol–water partition coefficient (Wildman–Crippen LogP) is 5.29. The van der Waals surface area contributed by atoms with Crippen molar-refractivity contribution in [3.05, 3.63) is 54.1 Å². The Morgan fingerprint density at radius 1 is 0.909 bits per heavy atom. The third kappa shape index (κ3) is 4.62. The summed E-state index contributed by atoms with van der Waals surface area (Å²) in [6.45, 7) is 6.37. The van der Waals surface area contributed by atoms with Crippen LogP contribution in [0.4, 0.5) is 17.1 Å². The molecular weight excluding hydrogens is 272 g/mol. The molecule has 2 aromatic carbocycles. The van der Waals surface area contributed by atoms with E-state index in [4.69, 9.17) is 0 Å². The third-order valence-corrected chi connectivity index (χ3v) is 3.51. The first-order valence-electron chi connectivity index (χ1n) is 7.85. The van der Waals surface area contributed by atoms with Crippen molar-refractivity contribution in [2.45, 2.75) is 39.5 Å². The molecule has 0 aliphatic rings. The second-order valence-corrected chi connectivity index (χ2v) is 5.78. The lowest BCUT2D eigenvalue weighted by molar-refractivity contribution is -0.116. The van der Waals surface area contributed by atoms with Gasteiger partial charge in [0.2, 0.25) is 5.91 Å². The molecule has 0 aromatic heterocycles. The molecule has 116 valence electrons. The van der Waals surface area contributed by atoms with Crippen LogP contribution in [0, 0.1) is 0 Å². The van der Waals surface area contributed by atoms with Gasteiger partial charge >= 0.3 is 0 Å². The molecule has 0 atom stereocenters. The van der Waals surface area contributed by atoms with Gasteiger partial charge in [-0.15, -0.1) is 0 Å². The summed E-state index contributed by atoms with van der Waals surface area (Å²) in [7, 11) is 0. The molecule has 0 aliphatic carbocycles. The van der Waals surface area contributed by atoms with Crippen molar-refractivity contribution < 1.29 is 4.79 Å². The molecule has 3 nitrogen and oxygen atoms in total. The summed E-state index contributed by atoms with van der Waals surface area (Å²) in [6.07, 6.45) is 1.42. The number of amides is 1. The highest BCUT2D eigenvalue weighted by atomic mass is 16.1.